The molecule has 3 heterocycles. The summed E-state index contributed by atoms with van der Waals surface area (Å²) in [5.74, 6) is -1.95. The number of piperidine rings is 2. The van der Waals surface area contributed by atoms with Crippen LogP contribution in [0.5, 0.6) is 0 Å². The summed E-state index contributed by atoms with van der Waals surface area (Å²) in [5, 5.41) is 2.20. The van der Waals surface area contributed by atoms with E-state index in [0.717, 1.165) is 30.0 Å². The van der Waals surface area contributed by atoms with Crippen molar-refractivity contribution < 1.29 is 19.2 Å². The SMILES string of the molecule is N[C@H]1CCCN(c2ccc3c(c2)C(=O)N(C2CCC(=O)NC2=O)C3=O)C1. The highest BCUT2D eigenvalue weighted by Gasteiger charge is 2.44. The predicted molar refractivity (Wildman–Crippen MR) is 92.5 cm³/mol. The van der Waals surface area contributed by atoms with E-state index in [4.69, 9.17) is 5.73 Å². The van der Waals surface area contributed by atoms with Crippen molar-refractivity contribution in [3.05, 3.63) is 29.3 Å². The van der Waals surface area contributed by atoms with Gasteiger partial charge in [-0.05, 0) is 37.5 Å². The van der Waals surface area contributed by atoms with Crippen LogP contribution in [0, 0.1) is 0 Å². The van der Waals surface area contributed by atoms with Gasteiger partial charge in [-0.15, -0.1) is 0 Å². The van der Waals surface area contributed by atoms with E-state index in [1.807, 2.05) is 6.07 Å². The third-order valence-corrected chi connectivity index (χ3v) is 5.25. The zero-order valence-electron chi connectivity index (χ0n) is 14.2. The van der Waals surface area contributed by atoms with Gasteiger partial charge in [-0.2, -0.15) is 0 Å². The number of anilines is 1. The number of nitrogens with one attached hydrogen (secondary N) is 1. The van der Waals surface area contributed by atoms with Crippen molar-refractivity contribution in [2.24, 2.45) is 5.73 Å². The van der Waals surface area contributed by atoms with Gasteiger partial charge in [-0.3, -0.25) is 29.4 Å². The summed E-state index contributed by atoms with van der Waals surface area (Å²) in [7, 11) is 0. The Hall–Kier alpha value is -2.74. The maximum absolute atomic E-state index is 12.8. The summed E-state index contributed by atoms with van der Waals surface area (Å²) in [6.45, 7) is 1.56. The van der Waals surface area contributed by atoms with Crippen LogP contribution < -0.4 is 16.0 Å². The van der Waals surface area contributed by atoms with Gasteiger partial charge in [-0.25, -0.2) is 0 Å². The first-order chi connectivity index (χ1) is 12.5. The molecule has 0 saturated carbocycles. The number of benzene rings is 1. The molecule has 1 aromatic rings. The van der Waals surface area contributed by atoms with Crippen molar-refractivity contribution in [1.82, 2.24) is 10.2 Å². The molecule has 26 heavy (non-hydrogen) atoms. The standard InChI is InChI=1S/C18H20N4O4/c19-10-2-1-7-21(9-10)11-3-4-12-13(8-11)18(26)22(17(12)25)14-5-6-15(23)20-16(14)24/h3-4,8,10,14H,1-2,5-7,9,19H2,(H,20,23,24)/t10-,14?/m0/s1. The minimum absolute atomic E-state index is 0.0920. The Morgan fingerprint density at radius 2 is 1.81 bits per heavy atom. The number of hydrogen-bond donors (Lipinski definition) is 2. The van der Waals surface area contributed by atoms with E-state index in [-0.39, 0.29) is 24.8 Å². The van der Waals surface area contributed by atoms with Crippen molar-refractivity contribution in [2.75, 3.05) is 18.0 Å². The topological polar surface area (TPSA) is 113 Å². The average Bonchev–Trinajstić information content (AvgIpc) is 2.86. The van der Waals surface area contributed by atoms with Crippen LogP contribution in [0.2, 0.25) is 0 Å². The molecule has 2 atom stereocenters. The van der Waals surface area contributed by atoms with Crippen molar-refractivity contribution in [3.8, 4) is 0 Å². The molecular formula is C18H20N4O4. The lowest BCUT2D eigenvalue weighted by molar-refractivity contribution is -0.136. The van der Waals surface area contributed by atoms with Gasteiger partial charge in [-0.1, -0.05) is 0 Å². The Labute approximate surface area is 150 Å². The zero-order valence-corrected chi connectivity index (χ0v) is 14.2. The largest absolute Gasteiger partial charge is 0.370 e. The van der Waals surface area contributed by atoms with Gasteiger partial charge in [0.05, 0.1) is 11.1 Å². The van der Waals surface area contributed by atoms with E-state index in [9.17, 15) is 19.2 Å². The van der Waals surface area contributed by atoms with Crippen molar-refractivity contribution in [2.45, 2.75) is 37.8 Å². The Kier molecular flexibility index (Phi) is 3.99. The second-order valence-corrected chi connectivity index (χ2v) is 7.03. The Morgan fingerprint density at radius 3 is 2.54 bits per heavy atom. The lowest BCUT2D eigenvalue weighted by Crippen LogP contribution is -2.54. The van der Waals surface area contributed by atoms with E-state index < -0.39 is 23.8 Å². The maximum atomic E-state index is 12.8. The molecule has 2 fully saturated rings. The highest BCUT2D eigenvalue weighted by atomic mass is 16.2. The van der Waals surface area contributed by atoms with Gasteiger partial charge in [0, 0.05) is 31.2 Å². The number of nitrogens with zero attached hydrogens (tertiary/aromatic N) is 2. The number of carbonyl (C=O) groups excluding carboxylic acids is 4. The average molecular weight is 356 g/mol. The summed E-state index contributed by atoms with van der Waals surface area (Å²) in [6, 6.07) is 4.31. The first kappa shape index (κ1) is 16.7. The molecule has 4 rings (SSSR count). The molecule has 0 spiro atoms. The lowest BCUT2D eigenvalue weighted by Gasteiger charge is -2.32. The maximum Gasteiger partial charge on any atom is 0.262 e. The number of rotatable bonds is 2. The molecule has 1 aromatic carbocycles. The summed E-state index contributed by atoms with van der Waals surface area (Å²) in [6.07, 6.45) is 2.22. The molecule has 0 radical (unpaired) electrons. The number of amides is 4. The number of carbonyl (C=O) groups is 4. The van der Waals surface area contributed by atoms with E-state index in [1.165, 1.54) is 0 Å². The minimum atomic E-state index is -0.938. The van der Waals surface area contributed by atoms with Crippen LogP contribution in [-0.4, -0.2) is 53.7 Å². The lowest BCUT2D eigenvalue weighted by atomic mass is 10.0. The van der Waals surface area contributed by atoms with E-state index in [0.29, 0.717) is 17.7 Å². The molecule has 8 heteroatoms. The molecule has 2 saturated heterocycles. The molecule has 136 valence electrons. The molecule has 3 aliphatic heterocycles. The van der Waals surface area contributed by atoms with Gasteiger partial charge >= 0.3 is 0 Å². The van der Waals surface area contributed by atoms with Crippen molar-refractivity contribution >= 4 is 29.3 Å². The van der Waals surface area contributed by atoms with E-state index >= 15 is 0 Å². The second kappa shape index (κ2) is 6.21. The highest BCUT2D eigenvalue weighted by Crippen LogP contribution is 2.31. The molecule has 3 aliphatic rings. The van der Waals surface area contributed by atoms with Crippen LogP contribution in [0.4, 0.5) is 5.69 Å². The molecule has 0 aliphatic carbocycles. The molecular weight excluding hydrogens is 336 g/mol. The quantitative estimate of drug-likeness (QED) is 0.722. The smallest absolute Gasteiger partial charge is 0.262 e. The Bertz CT molecular complexity index is 821. The van der Waals surface area contributed by atoms with Gasteiger partial charge < -0.3 is 10.6 Å². The third-order valence-electron chi connectivity index (χ3n) is 5.25. The summed E-state index contributed by atoms with van der Waals surface area (Å²) in [4.78, 5) is 52.0. The van der Waals surface area contributed by atoms with E-state index in [2.05, 4.69) is 10.2 Å². The molecule has 4 amide bonds. The minimum Gasteiger partial charge on any atom is -0.370 e. The molecule has 8 nitrogen and oxygen atoms in total. The van der Waals surface area contributed by atoms with Crippen LogP contribution in [-0.2, 0) is 9.59 Å². The van der Waals surface area contributed by atoms with Gasteiger partial charge in [0.25, 0.3) is 11.8 Å². The summed E-state index contributed by atoms with van der Waals surface area (Å²) < 4.78 is 0. The third kappa shape index (κ3) is 2.66. The number of hydrogen-bond acceptors (Lipinski definition) is 6. The highest BCUT2D eigenvalue weighted by molar-refractivity contribution is 6.23. The van der Waals surface area contributed by atoms with Crippen LogP contribution in [0.1, 0.15) is 46.4 Å². The Balaban J connectivity index is 1.62. The molecule has 0 bridgehead atoms. The molecule has 0 aromatic heterocycles. The Morgan fingerprint density at radius 1 is 1.04 bits per heavy atom. The first-order valence-corrected chi connectivity index (χ1v) is 8.82. The fourth-order valence-corrected chi connectivity index (χ4v) is 3.90. The second-order valence-electron chi connectivity index (χ2n) is 7.03. The van der Waals surface area contributed by atoms with Crippen LogP contribution in [0.25, 0.3) is 0 Å². The monoisotopic (exact) mass is 356 g/mol. The normalized spacial score (nSPS) is 26.2. The number of fused-ring (bicyclic) bond motifs is 1. The van der Waals surface area contributed by atoms with Crippen molar-refractivity contribution in [1.29, 1.82) is 0 Å². The number of imide groups is 2. The number of nitrogens with two attached hydrogens (primary N) is 1. The van der Waals surface area contributed by atoms with Crippen LogP contribution >= 0.6 is 0 Å². The van der Waals surface area contributed by atoms with E-state index in [1.54, 1.807) is 12.1 Å². The first-order valence-electron chi connectivity index (χ1n) is 8.82. The predicted octanol–water partition coefficient (Wildman–Crippen LogP) is 0.0153. The molecule has 1 unspecified atom stereocenters. The van der Waals surface area contributed by atoms with Gasteiger partial charge in [0.2, 0.25) is 11.8 Å². The zero-order chi connectivity index (χ0) is 18.4. The van der Waals surface area contributed by atoms with Crippen LogP contribution in [0.15, 0.2) is 18.2 Å². The summed E-state index contributed by atoms with van der Waals surface area (Å²) >= 11 is 0. The van der Waals surface area contributed by atoms with Crippen molar-refractivity contribution in [3.63, 3.8) is 0 Å². The van der Waals surface area contributed by atoms with Crippen LogP contribution in [0.3, 0.4) is 0 Å². The fraction of sp³-hybridized carbons (Fsp3) is 0.444. The summed E-state index contributed by atoms with van der Waals surface area (Å²) in [5.41, 5.74) is 7.48. The fourth-order valence-electron chi connectivity index (χ4n) is 3.90. The van der Waals surface area contributed by atoms with Gasteiger partial charge in [0.15, 0.2) is 0 Å². The van der Waals surface area contributed by atoms with Gasteiger partial charge in [0.1, 0.15) is 6.04 Å². The molecule has 3 N–H and O–H groups in total.